The largest absolute Gasteiger partial charge is 0.378 e. The summed E-state index contributed by atoms with van der Waals surface area (Å²) in [5.74, 6) is 1.56. The summed E-state index contributed by atoms with van der Waals surface area (Å²) in [6, 6.07) is 13.1. The van der Waals surface area contributed by atoms with Gasteiger partial charge in [-0.05, 0) is 42.5 Å². The molecule has 5 rings (SSSR count). The Labute approximate surface area is 173 Å². The maximum absolute atomic E-state index is 11.1. The Morgan fingerprint density at radius 3 is 2.53 bits per heavy atom. The van der Waals surface area contributed by atoms with Gasteiger partial charge >= 0.3 is 6.03 Å². The van der Waals surface area contributed by atoms with E-state index in [0.29, 0.717) is 24.7 Å². The lowest BCUT2D eigenvalue weighted by molar-refractivity contribution is 0.122. The van der Waals surface area contributed by atoms with Crippen LogP contribution in [-0.2, 0) is 11.8 Å². The van der Waals surface area contributed by atoms with E-state index in [1.807, 2.05) is 25.4 Å². The summed E-state index contributed by atoms with van der Waals surface area (Å²) in [6.07, 6.45) is 2.05. The Morgan fingerprint density at radius 2 is 1.80 bits per heavy atom. The predicted molar refractivity (Wildman–Crippen MR) is 118 cm³/mol. The summed E-state index contributed by atoms with van der Waals surface area (Å²) in [5, 5.41) is 4.71. The van der Waals surface area contributed by atoms with Gasteiger partial charge in [0.15, 0.2) is 5.82 Å². The quantitative estimate of drug-likeness (QED) is 0.549. The lowest BCUT2D eigenvalue weighted by Crippen LogP contribution is -2.37. The topological polar surface area (TPSA) is 98.3 Å². The van der Waals surface area contributed by atoms with Gasteiger partial charge in [0.25, 0.3) is 0 Å². The second-order valence-electron chi connectivity index (χ2n) is 7.36. The minimum atomic E-state index is -0.592. The minimum Gasteiger partial charge on any atom is -0.378 e. The molecule has 0 atom stereocenters. The number of nitrogens with zero attached hydrogens (tertiary/aromatic N) is 4. The summed E-state index contributed by atoms with van der Waals surface area (Å²) >= 11 is 0. The van der Waals surface area contributed by atoms with Gasteiger partial charge in [-0.15, -0.1) is 0 Å². The first-order valence-electron chi connectivity index (χ1n) is 9.85. The molecule has 2 amide bonds. The normalized spacial score (nSPS) is 14.4. The highest BCUT2D eigenvalue weighted by Gasteiger charge is 2.19. The Balaban J connectivity index is 1.69. The molecule has 1 saturated heterocycles. The number of morpholine rings is 1. The molecule has 0 saturated carbocycles. The fraction of sp³-hybridized carbons (Fsp3) is 0.227. The van der Waals surface area contributed by atoms with Crippen LogP contribution in [0.2, 0.25) is 0 Å². The maximum atomic E-state index is 11.1. The Hall–Kier alpha value is -3.65. The SMILES string of the molecule is Cn1ccc2c3nc(-c4ccc(NC(N)=O)cc4)nc(N4CCOCC4)c3ccc21. The number of fused-ring (bicyclic) bond motifs is 3. The first-order valence-corrected chi connectivity index (χ1v) is 9.85. The van der Waals surface area contributed by atoms with Crippen molar-refractivity contribution in [3.05, 3.63) is 48.7 Å². The standard InChI is InChI=1S/C22H22N6O2/c1-27-9-8-16-18(27)7-6-17-19(16)25-20(26-21(17)28-10-12-30-13-11-28)14-2-4-15(5-3-14)24-22(23)29/h2-9H,10-13H2,1H3,(H3,23,24,29). The van der Waals surface area contributed by atoms with E-state index in [9.17, 15) is 4.79 Å². The summed E-state index contributed by atoms with van der Waals surface area (Å²) < 4.78 is 7.63. The van der Waals surface area contributed by atoms with E-state index in [1.54, 1.807) is 12.1 Å². The number of urea groups is 1. The smallest absolute Gasteiger partial charge is 0.316 e. The van der Waals surface area contributed by atoms with Crippen LogP contribution in [0.1, 0.15) is 0 Å². The van der Waals surface area contributed by atoms with Crippen molar-refractivity contribution in [2.45, 2.75) is 0 Å². The molecule has 3 N–H and O–H groups in total. The highest BCUT2D eigenvalue weighted by atomic mass is 16.5. The highest BCUT2D eigenvalue weighted by molar-refractivity contribution is 6.08. The summed E-state index contributed by atoms with van der Waals surface area (Å²) in [6.45, 7) is 2.95. The van der Waals surface area contributed by atoms with Crippen LogP contribution in [0.25, 0.3) is 33.2 Å². The molecule has 30 heavy (non-hydrogen) atoms. The van der Waals surface area contributed by atoms with Gasteiger partial charge < -0.3 is 25.3 Å². The number of hydrogen-bond donors (Lipinski definition) is 2. The first-order chi connectivity index (χ1) is 14.6. The number of nitrogens with two attached hydrogens (primary N) is 1. The van der Waals surface area contributed by atoms with Crippen molar-refractivity contribution in [3.8, 4) is 11.4 Å². The molecule has 8 nitrogen and oxygen atoms in total. The van der Waals surface area contributed by atoms with Crippen molar-refractivity contribution < 1.29 is 9.53 Å². The summed E-state index contributed by atoms with van der Waals surface area (Å²) in [5.41, 5.74) is 8.76. The first kappa shape index (κ1) is 18.4. The van der Waals surface area contributed by atoms with Gasteiger partial charge in [-0.1, -0.05) is 0 Å². The number of aromatic nitrogens is 3. The number of anilines is 2. The molecule has 0 bridgehead atoms. The van der Waals surface area contributed by atoms with Crippen LogP contribution >= 0.6 is 0 Å². The number of ether oxygens (including phenoxy) is 1. The molecule has 4 aromatic rings. The molecule has 1 aliphatic heterocycles. The average Bonchev–Trinajstić information content (AvgIpc) is 3.15. The molecule has 0 unspecified atom stereocenters. The fourth-order valence-corrected chi connectivity index (χ4v) is 3.92. The van der Waals surface area contributed by atoms with Crippen LogP contribution in [0.4, 0.5) is 16.3 Å². The number of carbonyl (C=O) groups is 1. The number of carbonyl (C=O) groups excluding carboxylic acids is 1. The predicted octanol–water partition coefficient (Wildman–Crippen LogP) is 3.12. The monoisotopic (exact) mass is 402 g/mol. The number of primary amides is 1. The number of rotatable bonds is 3. The van der Waals surface area contributed by atoms with Crippen molar-refractivity contribution in [2.75, 3.05) is 36.5 Å². The van der Waals surface area contributed by atoms with Crippen molar-refractivity contribution in [1.82, 2.24) is 14.5 Å². The van der Waals surface area contributed by atoms with Crippen molar-refractivity contribution in [1.29, 1.82) is 0 Å². The van der Waals surface area contributed by atoms with Crippen LogP contribution < -0.4 is 16.0 Å². The molecule has 3 heterocycles. The molecule has 1 aliphatic rings. The number of amides is 2. The molecule has 0 aliphatic carbocycles. The fourth-order valence-electron chi connectivity index (χ4n) is 3.92. The average molecular weight is 402 g/mol. The van der Waals surface area contributed by atoms with Gasteiger partial charge in [-0.3, -0.25) is 0 Å². The maximum Gasteiger partial charge on any atom is 0.316 e. The van der Waals surface area contributed by atoms with Gasteiger partial charge in [-0.2, -0.15) is 0 Å². The molecule has 8 heteroatoms. The molecule has 152 valence electrons. The second-order valence-corrected chi connectivity index (χ2v) is 7.36. The van der Waals surface area contributed by atoms with Crippen LogP contribution in [0.5, 0.6) is 0 Å². The number of nitrogens with one attached hydrogen (secondary N) is 1. The van der Waals surface area contributed by atoms with Gasteiger partial charge in [0, 0.05) is 53.9 Å². The van der Waals surface area contributed by atoms with Crippen LogP contribution in [0, 0.1) is 0 Å². The van der Waals surface area contributed by atoms with Crippen molar-refractivity contribution >= 4 is 39.3 Å². The van der Waals surface area contributed by atoms with Gasteiger partial charge in [0.05, 0.1) is 18.7 Å². The molecule has 0 radical (unpaired) electrons. The summed E-state index contributed by atoms with van der Waals surface area (Å²) in [4.78, 5) is 23.2. The third-order valence-corrected chi connectivity index (χ3v) is 5.43. The van der Waals surface area contributed by atoms with Crippen molar-refractivity contribution in [3.63, 3.8) is 0 Å². The Bertz CT molecular complexity index is 1240. The molecule has 0 spiro atoms. The minimum absolute atomic E-state index is 0.592. The number of aryl methyl sites for hydroxylation is 1. The van der Waals surface area contributed by atoms with Crippen LogP contribution in [0.3, 0.4) is 0 Å². The molecular formula is C22H22N6O2. The van der Waals surface area contributed by atoms with Gasteiger partial charge in [0.1, 0.15) is 5.82 Å². The highest BCUT2D eigenvalue weighted by Crippen LogP contribution is 2.33. The Kier molecular flexibility index (Phi) is 4.48. The lowest BCUT2D eigenvalue weighted by atomic mass is 10.1. The lowest BCUT2D eigenvalue weighted by Gasteiger charge is -2.29. The van der Waals surface area contributed by atoms with E-state index in [1.165, 1.54) is 0 Å². The van der Waals surface area contributed by atoms with E-state index in [0.717, 1.165) is 46.3 Å². The summed E-state index contributed by atoms with van der Waals surface area (Å²) in [7, 11) is 2.03. The van der Waals surface area contributed by atoms with E-state index in [-0.39, 0.29) is 0 Å². The third kappa shape index (κ3) is 3.21. The molecule has 2 aromatic carbocycles. The third-order valence-electron chi connectivity index (χ3n) is 5.43. The van der Waals surface area contributed by atoms with Gasteiger partial charge in [0.2, 0.25) is 0 Å². The van der Waals surface area contributed by atoms with E-state index >= 15 is 0 Å². The zero-order valence-corrected chi connectivity index (χ0v) is 16.6. The second kappa shape index (κ2) is 7.31. The zero-order valence-electron chi connectivity index (χ0n) is 16.6. The molecule has 2 aromatic heterocycles. The van der Waals surface area contributed by atoms with E-state index < -0.39 is 6.03 Å². The molecular weight excluding hydrogens is 380 g/mol. The van der Waals surface area contributed by atoms with Crippen LogP contribution in [-0.4, -0.2) is 46.9 Å². The van der Waals surface area contributed by atoms with Gasteiger partial charge in [-0.25, -0.2) is 14.8 Å². The van der Waals surface area contributed by atoms with Crippen molar-refractivity contribution in [2.24, 2.45) is 12.8 Å². The van der Waals surface area contributed by atoms with E-state index in [2.05, 4.69) is 33.0 Å². The Morgan fingerprint density at radius 1 is 1.03 bits per heavy atom. The molecule has 1 fully saturated rings. The van der Waals surface area contributed by atoms with E-state index in [4.69, 9.17) is 20.4 Å². The van der Waals surface area contributed by atoms with Crippen LogP contribution in [0.15, 0.2) is 48.7 Å². The zero-order chi connectivity index (χ0) is 20.7. The number of benzene rings is 2. The number of hydrogen-bond acceptors (Lipinski definition) is 5.